The number of carboxylic acid groups (broad SMARTS) is 2. The molecule has 0 fully saturated rings. The number of halogens is 2. The molecule has 2 aliphatic rings. The Balaban J connectivity index is 1.36. The van der Waals surface area contributed by atoms with Crippen molar-refractivity contribution in [2.24, 2.45) is 0 Å². The third-order valence-corrected chi connectivity index (χ3v) is 9.93. The number of nitrogens with zero attached hydrogens (tertiary/aromatic N) is 1. The molecule has 0 amide bonds. The van der Waals surface area contributed by atoms with Crippen molar-refractivity contribution >= 4 is 79.6 Å². The summed E-state index contributed by atoms with van der Waals surface area (Å²) in [4.78, 5) is 57.0. The normalized spacial score (nSPS) is 16.7. The molecule has 2 aliphatic heterocycles. The van der Waals surface area contributed by atoms with Gasteiger partial charge in [0.05, 0.1) is 17.8 Å². The van der Waals surface area contributed by atoms with E-state index in [1.807, 2.05) is 36.4 Å². The number of carbonyl (C=O) groups excluding carboxylic acids is 2. The first-order valence-corrected chi connectivity index (χ1v) is 16.2. The molecule has 1 aromatic heterocycles. The van der Waals surface area contributed by atoms with Gasteiger partial charge in [-0.3, -0.25) is 19.2 Å². The summed E-state index contributed by atoms with van der Waals surface area (Å²) in [5, 5.41) is 25.7. The van der Waals surface area contributed by atoms with Crippen molar-refractivity contribution in [3.8, 4) is 0 Å². The van der Waals surface area contributed by atoms with E-state index in [1.165, 1.54) is 6.07 Å². The molecule has 0 aliphatic carbocycles. The van der Waals surface area contributed by atoms with E-state index in [0.29, 0.717) is 35.6 Å². The van der Waals surface area contributed by atoms with Gasteiger partial charge in [0.2, 0.25) is 11.6 Å². The van der Waals surface area contributed by atoms with Crippen LogP contribution in [0.4, 0.5) is 11.4 Å². The number of alkyl halides is 2. The average Bonchev–Trinajstić information content (AvgIpc) is 3.78. The predicted octanol–water partition coefficient (Wildman–Crippen LogP) is 6.39. The van der Waals surface area contributed by atoms with Crippen LogP contribution in [0, 0.1) is 0 Å². The molecular weight excluding hydrogens is 641 g/mol. The van der Waals surface area contributed by atoms with E-state index in [2.05, 4.69) is 10.3 Å². The number of carboxylic acids is 2. The second-order valence-corrected chi connectivity index (χ2v) is 12.6. The lowest BCUT2D eigenvalue weighted by Gasteiger charge is -2.18. The fourth-order valence-electron chi connectivity index (χ4n) is 7.20. The molecule has 0 saturated heterocycles. The van der Waals surface area contributed by atoms with E-state index >= 15 is 0 Å². The lowest BCUT2D eigenvalue weighted by molar-refractivity contribution is -0.136. The van der Waals surface area contributed by atoms with Gasteiger partial charge in [0.15, 0.2) is 0 Å². The van der Waals surface area contributed by atoms with Gasteiger partial charge in [0.1, 0.15) is 6.54 Å². The van der Waals surface area contributed by atoms with Crippen LogP contribution >= 0.6 is 23.2 Å². The molecule has 1 unspecified atom stereocenters. The summed E-state index contributed by atoms with van der Waals surface area (Å²) in [6.45, 7) is 0.759. The number of anilines is 2. The molecular formula is C36H29Cl2N3O6. The van der Waals surface area contributed by atoms with Crippen LogP contribution in [0.3, 0.4) is 0 Å². The molecule has 0 bridgehead atoms. The zero-order chi connectivity index (χ0) is 33.0. The van der Waals surface area contributed by atoms with Crippen molar-refractivity contribution in [2.75, 3.05) is 41.6 Å². The van der Waals surface area contributed by atoms with Gasteiger partial charge in [-0.15, -0.1) is 23.2 Å². The maximum Gasteiger partial charge on any atom is 0.323 e. The zero-order valence-corrected chi connectivity index (χ0v) is 26.5. The van der Waals surface area contributed by atoms with Crippen LogP contribution in [0.15, 0.2) is 66.7 Å². The third-order valence-electron chi connectivity index (χ3n) is 9.19. The molecule has 11 heteroatoms. The fourth-order valence-corrected chi connectivity index (χ4v) is 7.71. The minimum Gasteiger partial charge on any atom is -0.481 e. The highest BCUT2D eigenvalue weighted by molar-refractivity contribution is 6.22. The number of H-pyrrole nitrogens is 1. The molecule has 9 nitrogen and oxygen atoms in total. The Labute approximate surface area is 279 Å². The quantitative estimate of drug-likeness (QED) is 0.0991. The first-order valence-electron chi connectivity index (χ1n) is 15.2. The highest BCUT2D eigenvalue weighted by Crippen LogP contribution is 2.44. The van der Waals surface area contributed by atoms with Crippen molar-refractivity contribution in [3.63, 3.8) is 0 Å². The van der Waals surface area contributed by atoms with Crippen LogP contribution in [-0.2, 0) is 16.0 Å². The number of hydrogen-bond acceptors (Lipinski definition) is 6. The van der Waals surface area contributed by atoms with Gasteiger partial charge in [0.25, 0.3) is 0 Å². The summed E-state index contributed by atoms with van der Waals surface area (Å²) < 4.78 is 0. The van der Waals surface area contributed by atoms with E-state index in [-0.39, 0.29) is 52.6 Å². The van der Waals surface area contributed by atoms with Crippen LogP contribution in [-0.4, -0.2) is 70.1 Å². The fraction of sp³-hybridized carbons (Fsp3) is 0.222. The molecule has 2 atom stereocenters. The number of fused-ring (bicyclic) bond motifs is 6. The predicted molar refractivity (Wildman–Crippen MR) is 182 cm³/mol. The number of benzene rings is 4. The number of nitrogens with one attached hydrogen (secondary N) is 2. The Bertz CT molecular complexity index is 2140. The number of aromatic amines is 1. The number of carbonyl (C=O) groups is 4. The van der Waals surface area contributed by atoms with Gasteiger partial charge in [-0.25, -0.2) is 0 Å². The number of aromatic nitrogens is 1. The topological polar surface area (TPSA) is 140 Å². The maximum atomic E-state index is 14.4. The largest absolute Gasteiger partial charge is 0.481 e. The molecule has 0 saturated carbocycles. The number of ketones is 2. The molecule has 0 spiro atoms. The van der Waals surface area contributed by atoms with Crippen molar-refractivity contribution in [2.45, 2.75) is 18.3 Å². The van der Waals surface area contributed by atoms with Crippen molar-refractivity contribution in [3.05, 3.63) is 106 Å². The van der Waals surface area contributed by atoms with Crippen LogP contribution in [0.5, 0.6) is 0 Å². The molecule has 7 rings (SSSR count). The molecule has 5 aromatic rings. The minimum absolute atomic E-state index is 0.0108. The van der Waals surface area contributed by atoms with E-state index in [1.54, 1.807) is 29.2 Å². The second kappa shape index (κ2) is 12.1. The molecule has 238 valence electrons. The standard InChI is InChI=1S/C36H29Cl2N3O6/c37-13-19-15-39-27-11-25(21-5-1-3-7-23(21)32(19)27)35(46)28-9-18(10-30(42)43)34(40-28)36(47)26-12-29-33(24-8-4-2-6-22(24)26)20(14-38)16-41(29)17-31(44)45/h1-9,11-12,19-20,39-40H,10,13-17H2,(H,42,43)(H,44,45)/t19?,20-/m1/s1. The summed E-state index contributed by atoms with van der Waals surface area (Å²) in [7, 11) is 0. The lowest BCUT2D eigenvalue weighted by Crippen LogP contribution is -2.28. The monoisotopic (exact) mass is 669 g/mol. The Morgan fingerprint density at radius 2 is 1.38 bits per heavy atom. The molecule has 3 heterocycles. The number of aliphatic carboxylic acids is 2. The van der Waals surface area contributed by atoms with Gasteiger partial charge in [-0.05, 0) is 56.4 Å². The Morgan fingerprint density at radius 3 is 2.00 bits per heavy atom. The Morgan fingerprint density at radius 1 is 0.766 bits per heavy atom. The minimum atomic E-state index is -1.16. The van der Waals surface area contributed by atoms with Crippen molar-refractivity contribution < 1.29 is 29.4 Å². The Kier molecular flexibility index (Phi) is 7.90. The first kappa shape index (κ1) is 30.8. The van der Waals surface area contributed by atoms with Crippen LogP contribution in [0.1, 0.15) is 60.6 Å². The molecule has 0 radical (unpaired) electrons. The lowest BCUT2D eigenvalue weighted by atomic mass is 9.90. The smallest absolute Gasteiger partial charge is 0.323 e. The average molecular weight is 671 g/mol. The summed E-state index contributed by atoms with van der Waals surface area (Å²) in [6, 6.07) is 19.8. The van der Waals surface area contributed by atoms with E-state index in [9.17, 15) is 29.4 Å². The highest BCUT2D eigenvalue weighted by atomic mass is 35.5. The summed E-state index contributed by atoms with van der Waals surface area (Å²) in [5.41, 5.74) is 4.24. The third kappa shape index (κ3) is 5.20. The summed E-state index contributed by atoms with van der Waals surface area (Å²) >= 11 is 12.6. The van der Waals surface area contributed by atoms with Gasteiger partial charge < -0.3 is 25.4 Å². The first-order chi connectivity index (χ1) is 22.7. The van der Waals surface area contributed by atoms with E-state index < -0.39 is 24.1 Å². The number of hydrogen-bond donors (Lipinski definition) is 4. The second-order valence-electron chi connectivity index (χ2n) is 12.0. The number of rotatable bonds is 10. The van der Waals surface area contributed by atoms with Gasteiger partial charge in [-0.2, -0.15) is 0 Å². The van der Waals surface area contributed by atoms with Crippen molar-refractivity contribution in [1.29, 1.82) is 0 Å². The molecule has 47 heavy (non-hydrogen) atoms. The van der Waals surface area contributed by atoms with Crippen LogP contribution < -0.4 is 10.2 Å². The van der Waals surface area contributed by atoms with Crippen LogP contribution in [0.25, 0.3) is 21.5 Å². The van der Waals surface area contributed by atoms with E-state index in [0.717, 1.165) is 33.0 Å². The molecule has 4 aromatic carbocycles. The van der Waals surface area contributed by atoms with E-state index in [4.69, 9.17) is 23.2 Å². The highest BCUT2D eigenvalue weighted by Gasteiger charge is 2.34. The van der Waals surface area contributed by atoms with Gasteiger partial charge in [0, 0.05) is 59.2 Å². The van der Waals surface area contributed by atoms with Gasteiger partial charge >= 0.3 is 11.9 Å². The SMILES string of the molecule is O=C(O)Cc1cc(C(=O)c2cc3c(c4ccccc24)C(CCl)CN3)[nH]c1C(=O)c1cc2c(c3ccccc13)[C@H](CCl)CN2CC(=O)O. The van der Waals surface area contributed by atoms with Gasteiger partial charge in [-0.1, -0.05) is 48.5 Å². The Hall–Kier alpha value is -4.86. The zero-order valence-electron chi connectivity index (χ0n) is 25.0. The summed E-state index contributed by atoms with van der Waals surface area (Å²) in [5.74, 6) is -2.43. The van der Waals surface area contributed by atoms with Crippen molar-refractivity contribution in [1.82, 2.24) is 4.98 Å². The molecule has 4 N–H and O–H groups in total. The maximum absolute atomic E-state index is 14.4. The summed E-state index contributed by atoms with van der Waals surface area (Å²) in [6.07, 6.45) is -0.489. The van der Waals surface area contributed by atoms with Crippen LogP contribution in [0.2, 0.25) is 0 Å².